The lowest BCUT2D eigenvalue weighted by molar-refractivity contribution is -0.137. The van der Waals surface area contributed by atoms with Gasteiger partial charge in [-0.05, 0) is 17.7 Å². The van der Waals surface area contributed by atoms with Crippen LogP contribution in [0.15, 0.2) is 24.3 Å². The van der Waals surface area contributed by atoms with Gasteiger partial charge in [0.1, 0.15) is 5.82 Å². The van der Waals surface area contributed by atoms with Gasteiger partial charge in [-0.25, -0.2) is 4.98 Å². The first-order chi connectivity index (χ1) is 12.9. The van der Waals surface area contributed by atoms with Gasteiger partial charge in [0, 0.05) is 63.1 Å². The molecule has 1 aromatic heterocycles. The maximum atomic E-state index is 12.5. The molecule has 2 aromatic rings. The number of hydrogen-bond donors (Lipinski definition) is 0. The average Bonchev–Trinajstić information content (AvgIpc) is 3.12. The second-order valence-electron chi connectivity index (χ2n) is 6.54. The molecule has 0 N–H and O–H groups in total. The standard InChI is InChI=1S/C18H22ClN5O2S/c1-13(25)23-7-9-24(10-8-23)17(26)12-22(2)18-20-16(21-27-18)11-14-3-5-15(19)6-4-14/h3-6H,7-12H2,1-2H3. The number of likely N-dealkylation sites (N-methyl/N-ethyl adjacent to an activating group) is 1. The molecule has 1 aliphatic heterocycles. The molecule has 0 unspecified atom stereocenters. The van der Waals surface area contributed by atoms with Crippen molar-refractivity contribution in [1.82, 2.24) is 19.2 Å². The van der Waals surface area contributed by atoms with Crippen molar-refractivity contribution in [2.75, 3.05) is 44.7 Å². The van der Waals surface area contributed by atoms with Crippen LogP contribution in [-0.4, -0.2) is 70.7 Å². The molecular weight excluding hydrogens is 386 g/mol. The molecular formula is C18H22ClN5O2S. The maximum Gasteiger partial charge on any atom is 0.242 e. The van der Waals surface area contributed by atoms with E-state index in [4.69, 9.17) is 11.6 Å². The number of anilines is 1. The van der Waals surface area contributed by atoms with E-state index in [1.54, 1.807) is 16.7 Å². The Labute approximate surface area is 167 Å². The SMILES string of the molecule is CC(=O)N1CCN(C(=O)CN(C)c2nc(Cc3ccc(Cl)cc3)ns2)CC1. The number of benzene rings is 1. The molecule has 1 aromatic carbocycles. The van der Waals surface area contributed by atoms with Gasteiger partial charge < -0.3 is 14.7 Å². The van der Waals surface area contributed by atoms with Crippen molar-refractivity contribution in [3.05, 3.63) is 40.7 Å². The summed E-state index contributed by atoms with van der Waals surface area (Å²) in [6.07, 6.45) is 0.627. The van der Waals surface area contributed by atoms with E-state index in [-0.39, 0.29) is 18.4 Å². The number of amides is 2. The van der Waals surface area contributed by atoms with Crippen molar-refractivity contribution < 1.29 is 9.59 Å². The van der Waals surface area contributed by atoms with E-state index in [0.29, 0.717) is 37.6 Å². The summed E-state index contributed by atoms with van der Waals surface area (Å²) < 4.78 is 4.39. The summed E-state index contributed by atoms with van der Waals surface area (Å²) in [5, 5.41) is 1.42. The molecule has 1 fully saturated rings. The molecule has 0 radical (unpaired) electrons. The molecule has 1 saturated heterocycles. The largest absolute Gasteiger partial charge is 0.341 e. The van der Waals surface area contributed by atoms with Crippen LogP contribution in [0.2, 0.25) is 5.02 Å². The quantitative estimate of drug-likeness (QED) is 0.757. The zero-order chi connectivity index (χ0) is 19.4. The van der Waals surface area contributed by atoms with Crippen LogP contribution in [0.5, 0.6) is 0 Å². The van der Waals surface area contributed by atoms with Crippen molar-refractivity contribution in [1.29, 1.82) is 0 Å². The number of halogens is 1. The summed E-state index contributed by atoms with van der Waals surface area (Å²) in [7, 11) is 1.84. The lowest BCUT2D eigenvalue weighted by Crippen LogP contribution is -2.52. The number of aromatic nitrogens is 2. The third-order valence-electron chi connectivity index (χ3n) is 4.51. The van der Waals surface area contributed by atoms with E-state index in [9.17, 15) is 9.59 Å². The summed E-state index contributed by atoms with van der Waals surface area (Å²) in [4.78, 5) is 33.8. The molecule has 1 aliphatic rings. The third kappa shape index (κ3) is 5.17. The number of piperazine rings is 1. The van der Waals surface area contributed by atoms with Crippen LogP contribution >= 0.6 is 23.1 Å². The summed E-state index contributed by atoms with van der Waals surface area (Å²) in [6, 6.07) is 7.61. The van der Waals surface area contributed by atoms with Crippen LogP contribution < -0.4 is 4.90 Å². The molecule has 0 spiro atoms. The smallest absolute Gasteiger partial charge is 0.242 e. The predicted molar refractivity (Wildman–Crippen MR) is 106 cm³/mol. The minimum Gasteiger partial charge on any atom is -0.341 e. The van der Waals surface area contributed by atoms with Gasteiger partial charge in [-0.2, -0.15) is 4.37 Å². The molecule has 3 rings (SSSR count). The number of rotatable bonds is 5. The molecule has 2 heterocycles. The summed E-state index contributed by atoms with van der Waals surface area (Å²) in [5.41, 5.74) is 1.09. The molecule has 0 atom stereocenters. The Kier molecular flexibility index (Phi) is 6.28. The van der Waals surface area contributed by atoms with Crippen LogP contribution in [0.25, 0.3) is 0 Å². The maximum absolute atomic E-state index is 12.5. The Morgan fingerprint density at radius 2 is 1.78 bits per heavy atom. The fourth-order valence-corrected chi connectivity index (χ4v) is 3.67. The van der Waals surface area contributed by atoms with Crippen molar-refractivity contribution in [3.8, 4) is 0 Å². The second-order valence-corrected chi connectivity index (χ2v) is 7.71. The zero-order valence-electron chi connectivity index (χ0n) is 15.4. The fourth-order valence-electron chi connectivity index (χ4n) is 2.90. The van der Waals surface area contributed by atoms with Crippen LogP contribution in [0.1, 0.15) is 18.3 Å². The lowest BCUT2D eigenvalue weighted by Gasteiger charge is -2.34. The predicted octanol–water partition coefficient (Wildman–Crippen LogP) is 1.91. The topological polar surface area (TPSA) is 69.6 Å². The first-order valence-electron chi connectivity index (χ1n) is 8.74. The summed E-state index contributed by atoms with van der Waals surface area (Å²) >= 11 is 7.19. The number of nitrogens with zero attached hydrogens (tertiary/aromatic N) is 5. The van der Waals surface area contributed by atoms with Gasteiger partial charge in [-0.1, -0.05) is 23.7 Å². The van der Waals surface area contributed by atoms with Crippen molar-refractivity contribution in [3.63, 3.8) is 0 Å². The van der Waals surface area contributed by atoms with Crippen LogP contribution in [0, 0.1) is 0 Å². The van der Waals surface area contributed by atoms with E-state index in [1.165, 1.54) is 11.5 Å². The van der Waals surface area contributed by atoms with Gasteiger partial charge >= 0.3 is 0 Å². The van der Waals surface area contributed by atoms with Gasteiger partial charge in [0.25, 0.3) is 0 Å². The van der Waals surface area contributed by atoms with Gasteiger partial charge in [0.2, 0.25) is 16.9 Å². The number of carbonyl (C=O) groups is 2. The minimum absolute atomic E-state index is 0.0372. The molecule has 0 bridgehead atoms. The minimum atomic E-state index is 0.0372. The number of carbonyl (C=O) groups excluding carboxylic acids is 2. The Morgan fingerprint density at radius 3 is 2.41 bits per heavy atom. The van der Waals surface area contributed by atoms with Crippen molar-refractivity contribution >= 4 is 40.1 Å². The molecule has 9 heteroatoms. The van der Waals surface area contributed by atoms with Crippen LogP contribution in [0.4, 0.5) is 5.13 Å². The molecule has 0 saturated carbocycles. The summed E-state index contributed by atoms with van der Waals surface area (Å²) in [6.45, 7) is 4.13. The Hall–Kier alpha value is -2.19. The highest BCUT2D eigenvalue weighted by Crippen LogP contribution is 2.19. The highest BCUT2D eigenvalue weighted by atomic mass is 35.5. The zero-order valence-corrected chi connectivity index (χ0v) is 17.0. The monoisotopic (exact) mass is 407 g/mol. The molecule has 144 valence electrons. The van der Waals surface area contributed by atoms with Gasteiger partial charge in [-0.3, -0.25) is 9.59 Å². The Bertz CT molecular complexity index is 802. The molecule has 27 heavy (non-hydrogen) atoms. The highest BCUT2D eigenvalue weighted by molar-refractivity contribution is 7.09. The van der Waals surface area contributed by atoms with Gasteiger partial charge in [-0.15, -0.1) is 0 Å². The van der Waals surface area contributed by atoms with Gasteiger partial charge in [0.15, 0.2) is 0 Å². The van der Waals surface area contributed by atoms with E-state index in [2.05, 4.69) is 9.36 Å². The van der Waals surface area contributed by atoms with Crippen LogP contribution in [0.3, 0.4) is 0 Å². The van der Waals surface area contributed by atoms with Gasteiger partial charge in [0.05, 0.1) is 6.54 Å². The summed E-state index contributed by atoms with van der Waals surface area (Å²) in [5.74, 6) is 0.822. The molecule has 0 aliphatic carbocycles. The van der Waals surface area contributed by atoms with E-state index >= 15 is 0 Å². The van der Waals surface area contributed by atoms with E-state index in [1.807, 2.05) is 36.2 Å². The Morgan fingerprint density at radius 1 is 1.15 bits per heavy atom. The molecule has 2 amide bonds. The first kappa shape index (κ1) is 19.6. The second kappa shape index (κ2) is 8.67. The van der Waals surface area contributed by atoms with E-state index in [0.717, 1.165) is 16.5 Å². The average molecular weight is 408 g/mol. The van der Waals surface area contributed by atoms with Crippen molar-refractivity contribution in [2.45, 2.75) is 13.3 Å². The number of hydrogen-bond acceptors (Lipinski definition) is 6. The first-order valence-corrected chi connectivity index (χ1v) is 9.89. The molecule has 7 nitrogen and oxygen atoms in total. The fraction of sp³-hybridized carbons (Fsp3) is 0.444. The van der Waals surface area contributed by atoms with Crippen molar-refractivity contribution in [2.24, 2.45) is 0 Å². The lowest BCUT2D eigenvalue weighted by atomic mass is 10.1. The third-order valence-corrected chi connectivity index (χ3v) is 5.63. The Balaban J connectivity index is 1.53. The van der Waals surface area contributed by atoms with Crippen LogP contribution in [-0.2, 0) is 16.0 Å². The highest BCUT2D eigenvalue weighted by Gasteiger charge is 2.23. The normalized spacial score (nSPS) is 14.3. The van der Waals surface area contributed by atoms with E-state index < -0.39 is 0 Å².